The number of nitrogens with zero attached hydrogens (tertiary/aromatic N) is 4. The highest BCUT2D eigenvalue weighted by molar-refractivity contribution is 5.86. The molecule has 0 fully saturated rings. The highest BCUT2D eigenvalue weighted by Gasteiger charge is 2.32. The van der Waals surface area contributed by atoms with Gasteiger partial charge in [-0.1, -0.05) is 0 Å². The third-order valence-corrected chi connectivity index (χ3v) is 3.09. The molecular weight excluding hydrogens is 277 g/mol. The van der Waals surface area contributed by atoms with Crippen molar-refractivity contribution in [2.75, 3.05) is 0 Å². The first kappa shape index (κ1) is 12.7. The van der Waals surface area contributed by atoms with E-state index in [9.17, 15) is 18.0 Å². The van der Waals surface area contributed by atoms with Gasteiger partial charge in [0, 0.05) is 12.6 Å². The van der Waals surface area contributed by atoms with Gasteiger partial charge in [-0.25, -0.2) is 9.78 Å². The Hall–Kier alpha value is -2.32. The Morgan fingerprint density at radius 3 is 2.75 bits per heavy atom. The minimum atomic E-state index is -4.33. The Balaban J connectivity index is 2.03. The number of hydrogen-bond acceptors (Lipinski definition) is 3. The first-order valence-corrected chi connectivity index (χ1v) is 5.78. The van der Waals surface area contributed by atoms with Crippen molar-refractivity contribution in [2.45, 2.75) is 25.7 Å². The van der Waals surface area contributed by atoms with Crippen molar-refractivity contribution >= 4 is 5.97 Å². The van der Waals surface area contributed by atoms with Gasteiger partial charge in [0.25, 0.3) is 0 Å². The molecule has 0 saturated heterocycles. The molecule has 0 unspecified atom stereocenters. The number of aryl methyl sites for hydroxylation is 1. The number of imidazole rings is 1. The van der Waals surface area contributed by atoms with Crippen LogP contribution in [0.5, 0.6) is 0 Å². The van der Waals surface area contributed by atoms with E-state index in [4.69, 9.17) is 5.11 Å². The highest BCUT2D eigenvalue weighted by atomic mass is 19.4. The van der Waals surface area contributed by atoms with E-state index in [0.717, 1.165) is 0 Å². The molecule has 0 saturated carbocycles. The minimum Gasteiger partial charge on any atom is -0.476 e. The number of carboxylic acid groups (broad SMARTS) is 1. The molecule has 2 aromatic rings. The van der Waals surface area contributed by atoms with Gasteiger partial charge in [-0.3, -0.25) is 4.68 Å². The second kappa shape index (κ2) is 4.09. The van der Waals surface area contributed by atoms with Crippen molar-refractivity contribution < 1.29 is 23.1 Å². The molecule has 0 aromatic carbocycles. The fourth-order valence-electron chi connectivity index (χ4n) is 2.28. The molecule has 1 aliphatic heterocycles. The van der Waals surface area contributed by atoms with Crippen molar-refractivity contribution in [3.63, 3.8) is 0 Å². The smallest absolute Gasteiger partial charge is 0.396 e. The summed E-state index contributed by atoms with van der Waals surface area (Å²) in [5.41, 5.74) is 0.789. The summed E-state index contributed by atoms with van der Waals surface area (Å²) in [4.78, 5) is 14.7. The third kappa shape index (κ3) is 2.04. The van der Waals surface area contributed by atoms with Crippen LogP contribution in [0.1, 0.15) is 16.3 Å². The molecule has 9 heteroatoms. The van der Waals surface area contributed by atoms with Crippen LogP contribution in [0.15, 0.2) is 12.3 Å². The molecular formula is C11H9F3N4O2. The van der Waals surface area contributed by atoms with E-state index in [1.165, 1.54) is 21.5 Å². The first-order chi connectivity index (χ1) is 9.35. The van der Waals surface area contributed by atoms with E-state index in [1.807, 2.05) is 0 Å². The molecule has 0 spiro atoms. The molecule has 0 bridgehead atoms. The molecule has 0 atom stereocenters. The summed E-state index contributed by atoms with van der Waals surface area (Å²) < 4.78 is 40.3. The predicted octanol–water partition coefficient (Wildman–Crippen LogP) is 1.56. The number of aromatic nitrogens is 4. The average molecular weight is 286 g/mol. The van der Waals surface area contributed by atoms with E-state index in [1.54, 1.807) is 0 Å². The minimum absolute atomic E-state index is 0.0724. The van der Waals surface area contributed by atoms with Crippen molar-refractivity contribution in [1.29, 1.82) is 0 Å². The van der Waals surface area contributed by atoms with E-state index in [2.05, 4.69) is 10.1 Å². The summed E-state index contributed by atoms with van der Waals surface area (Å²) in [5, 5.41) is 12.8. The van der Waals surface area contributed by atoms with Crippen LogP contribution in [0, 0.1) is 0 Å². The first-order valence-electron chi connectivity index (χ1n) is 5.78. The highest BCUT2D eigenvalue weighted by Crippen LogP contribution is 2.29. The lowest BCUT2D eigenvalue weighted by atomic mass is 10.2. The fraction of sp³-hybridized carbons (Fsp3) is 0.364. The van der Waals surface area contributed by atoms with Crippen molar-refractivity contribution in [3.8, 4) is 11.4 Å². The van der Waals surface area contributed by atoms with Gasteiger partial charge in [-0.2, -0.15) is 18.3 Å². The van der Waals surface area contributed by atoms with Crippen LogP contribution in [0.25, 0.3) is 11.4 Å². The normalized spacial score (nSPS) is 13.9. The van der Waals surface area contributed by atoms with Gasteiger partial charge >= 0.3 is 12.1 Å². The zero-order chi connectivity index (χ0) is 14.5. The summed E-state index contributed by atoms with van der Waals surface area (Å²) >= 11 is 0. The lowest BCUT2D eigenvalue weighted by Crippen LogP contribution is -2.22. The molecule has 6 nitrogen and oxygen atoms in total. The Kier molecular flexibility index (Phi) is 2.59. The number of hydrogen-bond donors (Lipinski definition) is 1. The predicted molar refractivity (Wildman–Crippen MR) is 60.2 cm³/mol. The number of aromatic carboxylic acids is 1. The number of carboxylic acids is 1. The lowest BCUT2D eigenvalue weighted by Gasteiger charge is -2.19. The molecule has 0 aliphatic carbocycles. The Bertz CT molecular complexity index is 686. The molecule has 20 heavy (non-hydrogen) atoms. The SMILES string of the molecule is O=C(O)c1cc2n(n1)CCn1c-2cnc1CC(F)(F)F. The molecule has 1 aliphatic rings. The second-order valence-electron chi connectivity index (χ2n) is 4.45. The Morgan fingerprint density at radius 2 is 2.10 bits per heavy atom. The van der Waals surface area contributed by atoms with Gasteiger partial charge in [0.2, 0.25) is 0 Å². The van der Waals surface area contributed by atoms with E-state index < -0.39 is 18.6 Å². The van der Waals surface area contributed by atoms with Crippen LogP contribution in [-0.2, 0) is 19.5 Å². The molecule has 106 valence electrons. The maximum Gasteiger partial charge on any atom is 0.396 e. The Morgan fingerprint density at radius 1 is 1.35 bits per heavy atom. The summed E-state index contributed by atoms with van der Waals surface area (Å²) in [6.45, 7) is 0.602. The zero-order valence-corrected chi connectivity index (χ0v) is 10.1. The molecule has 2 aromatic heterocycles. The molecule has 1 N–H and O–H groups in total. The van der Waals surface area contributed by atoms with Crippen LogP contribution in [0.2, 0.25) is 0 Å². The molecule has 3 rings (SSSR count). The van der Waals surface area contributed by atoms with E-state index in [0.29, 0.717) is 17.9 Å². The standard InChI is InChI=1S/C11H9F3N4O2/c12-11(13,14)4-9-15-5-8-7-3-6(10(19)20)16-18(7)2-1-17(8)9/h3,5H,1-2,4H2,(H,19,20). The summed E-state index contributed by atoms with van der Waals surface area (Å²) in [5.74, 6) is -1.25. The van der Waals surface area contributed by atoms with Crippen LogP contribution >= 0.6 is 0 Å². The zero-order valence-electron chi connectivity index (χ0n) is 10.1. The fourth-order valence-corrected chi connectivity index (χ4v) is 2.28. The van der Waals surface area contributed by atoms with Crippen molar-refractivity contribution in [1.82, 2.24) is 19.3 Å². The van der Waals surface area contributed by atoms with Crippen molar-refractivity contribution in [2.24, 2.45) is 0 Å². The van der Waals surface area contributed by atoms with Crippen molar-refractivity contribution in [3.05, 3.63) is 23.8 Å². The molecule has 3 heterocycles. The van der Waals surface area contributed by atoms with Gasteiger partial charge in [0.1, 0.15) is 12.2 Å². The number of fused-ring (bicyclic) bond motifs is 3. The number of rotatable bonds is 2. The third-order valence-electron chi connectivity index (χ3n) is 3.09. The maximum absolute atomic E-state index is 12.4. The molecule has 0 amide bonds. The average Bonchev–Trinajstić information content (AvgIpc) is 2.90. The van der Waals surface area contributed by atoms with Crippen LogP contribution < -0.4 is 0 Å². The molecule has 0 radical (unpaired) electrons. The van der Waals surface area contributed by atoms with Crippen LogP contribution in [0.4, 0.5) is 13.2 Å². The van der Waals surface area contributed by atoms with E-state index in [-0.39, 0.29) is 18.1 Å². The van der Waals surface area contributed by atoms with Gasteiger partial charge < -0.3 is 9.67 Å². The van der Waals surface area contributed by atoms with Gasteiger partial charge in [0.15, 0.2) is 5.69 Å². The summed E-state index contributed by atoms with van der Waals surface area (Å²) in [6.07, 6.45) is -4.11. The maximum atomic E-state index is 12.4. The number of halogens is 3. The number of alkyl halides is 3. The van der Waals surface area contributed by atoms with Crippen LogP contribution in [0.3, 0.4) is 0 Å². The monoisotopic (exact) mass is 286 g/mol. The number of carbonyl (C=O) groups is 1. The Labute approximate surface area is 110 Å². The van der Waals surface area contributed by atoms with Gasteiger partial charge in [-0.15, -0.1) is 0 Å². The second-order valence-corrected chi connectivity index (χ2v) is 4.45. The topological polar surface area (TPSA) is 72.9 Å². The van der Waals surface area contributed by atoms with Gasteiger partial charge in [-0.05, 0) is 0 Å². The summed E-state index contributed by atoms with van der Waals surface area (Å²) in [6, 6.07) is 1.34. The van der Waals surface area contributed by atoms with Gasteiger partial charge in [0.05, 0.1) is 24.1 Å². The summed E-state index contributed by atoms with van der Waals surface area (Å²) in [7, 11) is 0. The van der Waals surface area contributed by atoms with Crippen LogP contribution in [-0.4, -0.2) is 36.6 Å². The largest absolute Gasteiger partial charge is 0.476 e. The quantitative estimate of drug-likeness (QED) is 0.909. The lowest BCUT2D eigenvalue weighted by molar-refractivity contribution is -0.129. The van der Waals surface area contributed by atoms with E-state index >= 15 is 0 Å².